The van der Waals surface area contributed by atoms with E-state index in [1.807, 2.05) is 7.05 Å². The molecule has 2 fully saturated rings. The number of sulfonamides is 1. The monoisotopic (exact) mass is 277 g/mol. The predicted molar refractivity (Wildman–Crippen MR) is 70.1 cm³/mol. The summed E-state index contributed by atoms with van der Waals surface area (Å²) in [6.07, 6.45) is 2.30. The highest BCUT2D eigenvalue weighted by molar-refractivity contribution is 7.88. The van der Waals surface area contributed by atoms with Gasteiger partial charge in [0.2, 0.25) is 10.0 Å². The molecule has 0 aromatic heterocycles. The van der Waals surface area contributed by atoms with Gasteiger partial charge in [-0.15, -0.1) is 0 Å². The molecule has 2 atom stereocenters. The van der Waals surface area contributed by atoms with Gasteiger partial charge in [0.05, 0.1) is 12.9 Å². The quantitative estimate of drug-likeness (QED) is 0.712. The average Bonchev–Trinajstić information content (AvgIpc) is 2.38. The van der Waals surface area contributed by atoms with Crippen LogP contribution in [0.3, 0.4) is 0 Å². The Kier molecular flexibility index (Phi) is 4.60. The van der Waals surface area contributed by atoms with E-state index in [4.69, 9.17) is 4.74 Å². The van der Waals surface area contributed by atoms with Crippen LogP contribution in [0.15, 0.2) is 0 Å². The Labute approximate surface area is 109 Å². The Balaban J connectivity index is 1.92. The molecule has 2 saturated heterocycles. The standard InChI is InChI=1S/C11H23N3O3S/c1-12-10-3-8-17-9-11(10)13-4-6-14(7-5-13)18(2,15)16/h10-12H,3-9H2,1-2H3. The first kappa shape index (κ1) is 14.2. The molecule has 18 heavy (non-hydrogen) atoms. The number of likely N-dealkylation sites (N-methyl/N-ethyl adjacent to an activating group) is 1. The number of ether oxygens (including phenoxy) is 1. The SMILES string of the molecule is CNC1CCOCC1N1CCN(S(C)(=O)=O)CC1. The molecule has 0 bridgehead atoms. The predicted octanol–water partition coefficient (Wildman–Crippen LogP) is -1.06. The molecule has 1 N–H and O–H groups in total. The lowest BCUT2D eigenvalue weighted by molar-refractivity contribution is -0.0112. The average molecular weight is 277 g/mol. The number of piperazine rings is 1. The lowest BCUT2D eigenvalue weighted by atomic mass is 10.0. The Morgan fingerprint density at radius 2 is 1.89 bits per heavy atom. The summed E-state index contributed by atoms with van der Waals surface area (Å²) in [6, 6.07) is 0.814. The summed E-state index contributed by atoms with van der Waals surface area (Å²) in [5.74, 6) is 0. The summed E-state index contributed by atoms with van der Waals surface area (Å²) in [5.41, 5.74) is 0. The molecule has 0 aliphatic carbocycles. The zero-order valence-electron chi connectivity index (χ0n) is 11.1. The van der Waals surface area contributed by atoms with Crippen LogP contribution < -0.4 is 5.32 Å². The summed E-state index contributed by atoms with van der Waals surface area (Å²) in [7, 11) is -1.06. The van der Waals surface area contributed by atoms with E-state index in [0.717, 1.165) is 32.7 Å². The van der Waals surface area contributed by atoms with Gasteiger partial charge in [-0.05, 0) is 13.5 Å². The third-order valence-electron chi connectivity index (χ3n) is 3.91. The van der Waals surface area contributed by atoms with E-state index in [1.165, 1.54) is 6.26 Å². The third-order valence-corrected chi connectivity index (χ3v) is 5.21. The van der Waals surface area contributed by atoms with E-state index in [0.29, 0.717) is 25.2 Å². The molecule has 0 spiro atoms. The van der Waals surface area contributed by atoms with Crippen molar-refractivity contribution in [3.8, 4) is 0 Å². The van der Waals surface area contributed by atoms with Gasteiger partial charge in [0.15, 0.2) is 0 Å². The molecular weight excluding hydrogens is 254 g/mol. The minimum absolute atomic E-state index is 0.366. The Hall–Kier alpha value is -0.210. The van der Waals surface area contributed by atoms with Gasteiger partial charge in [-0.2, -0.15) is 4.31 Å². The fourth-order valence-electron chi connectivity index (χ4n) is 2.79. The second-order valence-corrected chi connectivity index (χ2v) is 7.01. The molecule has 0 aromatic rings. The number of nitrogens with zero attached hydrogens (tertiary/aromatic N) is 2. The van der Waals surface area contributed by atoms with Crippen molar-refractivity contribution in [1.82, 2.24) is 14.5 Å². The van der Waals surface area contributed by atoms with Gasteiger partial charge in [-0.3, -0.25) is 4.90 Å². The molecule has 2 aliphatic rings. The summed E-state index contributed by atoms with van der Waals surface area (Å²) in [4.78, 5) is 2.35. The number of hydrogen-bond donors (Lipinski definition) is 1. The highest BCUT2D eigenvalue weighted by Crippen LogP contribution is 2.17. The van der Waals surface area contributed by atoms with Crippen LogP contribution in [0.4, 0.5) is 0 Å². The molecule has 0 amide bonds. The van der Waals surface area contributed by atoms with Crippen LogP contribution in [0.25, 0.3) is 0 Å². The van der Waals surface area contributed by atoms with Crippen molar-refractivity contribution in [3.05, 3.63) is 0 Å². The van der Waals surface area contributed by atoms with E-state index in [1.54, 1.807) is 4.31 Å². The van der Waals surface area contributed by atoms with Crippen molar-refractivity contribution in [2.24, 2.45) is 0 Å². The summed E-state index contributed by atoms with van der Waals surface area (Å²) < 4.78 is 30.0. The van der Waals surface area contributed by atoms with E-state index < -0.39 is 10.0 Å². The first-order valence-corrected chi connectivity index (χ1v) is 8.31. The lowest BCUT2D eigenvalue weighted by Gasteiger charge is -2.43. The number of hydrogen-bond acceptors (Lipinski definition) is 5. The smallest absolute Gasteiger partial charge is 0.211 e. The highest BCUT2D eigenvalue weighted by atomic mass is 32.2. The summed E-state index contributed by atoms with van der Waals surface area (Å²) >= 11 is 0. The zero-order valence-corrected chi connectivity index (χ0v) is 11.9. The second-order valence-electron chi connectivity index (χ2n) is 5.02. The molecule has 2 heterocycles. The van der Waals surface area contributed by atoms with Gasteiger partial charge in [0.25, 0.3) is 0 Å². The fourth-order valence-corrected chi connectivity index (χ4v) is 3.61. The highest BCUT2D eigenvalue weighted by Gasteiger charge is 2.33. The van der Waals surface area contributed by atoms with Gasteiger partial charge in [0.1, 0.15) is 0 Å². The van der Waals surface area contributed by atoms with E-state index in [9.17, 15) is 8.42 Å². The zero-order chi connectivity index (χ0) is 13.2. The molecule has 7 heteroatoms. The van der Waals surface area contributed by atoms with Crippen molar-refractivity contribution >= 4 is 10.0 Å². The summed E-state index contributed by atoms with van der Waals surface area (Å²) in [6.45, 7) is 4.31. The van der Waals surface area contributed by atoms with Crippen LogP contribution in [-0.4, -0.2) is 82.4 Å². The first-order chi connectivity index (χ1) is 8.52. The van der Waals surface area contributed by atoms with Gasteiger partial charge >= 0.3 is 0 Å². The van der Waals surface area contributed by atoms with Gasteiger partial charge in [0, 0.05) is 44.9 Å². The van der Waals surface area contributed by atoms with Crippen molar-refractivity contribution in [2.75, 3.05) is 52.7 Å². The number of rotatable bonds is 3. The Morgan fingerprint density at radius 3 is 2.44 bits per heavy atom. The molecule has 0 radical (unpaired) electrons. The molecule has 2 unspecified atom stereocenters. The maximum absolute atomic E-state index is 11.5. The second kappa shape index (κ2) is 5.83. The van der Waals surface area contributed by atoms with Crippen molar-refractivity contribution in [2.45, 2.75) is 18.5 Å². The van der Waals surface area contributed by atoms with Gasteiger partial charge < -0.3 is 10.1 Å². The van der Waals surface area contributed by atoms with Crippen LogP contribution in [0.5, 0.6) is 0 Å². The van der Waals surface area contributed by atoms with E-state index in [2.05, 4.69) is 10.2 Å². The molecule has 0 saturated carbocycles. The number of nitrogens with one attached hydrogen (secondary N) is 1. The van der Waals surface area contributed by atoms with E-state index in [-0.39, 0.29) is 0 Å². The maximum Gasteiger partial charge on any atom is 0.211 e. The molecule has 106 valence electrons. The van der Waals surface area contributed by atoms with Gasteiger partial charge in [-0.1, -0.05) is 0 Å². The Morgan fingerprint density at radius 1 is 1.22 bits per heavy atom. The van der Waals surface area contributed by atoms with Crippen LogP contribution in [-0.2, 0) is 14.8 Å². The minimum atomic E-state index is -3.04. The van der Waals surface area contributed by atoms with E-state index >= 15 is 0 Å². The molecule has 2 rings (SSSR count). The summed E-state index contributed by atoms with van der Waals surface area (Å²) in [5, 5.41) is 3.34. The molecule has 2 aliphatic heterocycles. The molecular formula is C11H23N3O3S. The minimum Gasteiger partial charge on any atom is -0.380 e. The Bertz CT molecular complexity index is 366. The van der Waals surface area contributed by atoms with Crippen molar-refractivity contribution < 1.29 is 13.2 Å². The van der Waals surface area contributed by atoms with Gasteiger partial charge in [-0.25, -0.2) is 8.42 Å². The van der Waals surface area contributed by atoms with Crippen molar-refractivity contribution in [1.29, 1.82) is 0 Å². The topological polar surface area (TPSA) is 61.9 Å². The molecule has 6 nitrogen and oxygen atoms in total. The normalized spacial score (nSPS) is 32.6. The maximum atomic E-state index is 11.5. The van der Waals surface area contributed by atoms with Crippen LogP contribution in [0.2, 0.25) is 0 Å². The van der Waals surface area contributed by atoms with Crippen molar-refractivity contribution in [3.63, 3.8) is 0 Å². The lowest BCUT2D eigenvalue weighted by Crippen LogP contribution is -2.59. The van der Waals surface area contributed by atoms with Crippen LogP contribution >= 0.6 is 0 Å². The van der Waals surface area contributed by atoms with Crippen LogP contribution in [0.1, 0.15) is 6.42 Å². The largest absolute Gasteiger partial charge is 0.380 e. The fraction of sp³-hybridized carbons (Fsp3) is 1.00. The molecule has 0 aromatic carbocycles. The van der Waals surface area contributed by atoms with Crippen LogP contribution in [0, 0.1) is 0 Å². The first-order valence-electron chi connectivity index (χ1n) is 6.46. The third kappa shape index (κ3) is 3.21.